The zero-order chi connectivity index (χ0) is 15.3. The van der Waals surface area contributed by atoms with Crippen LogP contribution in [0.4, 0.5) is 14.5 Å². The lowest BCUT2D eigenvalue weighted by atomic mass is 10.2. The summed E-state index contributed by atoms with van der Waals surface area (Å²) in [5.41, 5.74) is 1.36. The number of rotatable bonds is 6. The summed E-state index contributed by atoms with van der Waals surface area (Å²) in [7, 11) is 1.67. The van der Waals surface area contributed by atoms with Crippen LogP contribution in [0, 0.1) is 11.6 Å². The molecule has 0 heterocycles. The third-order valence-corrected chi connectivity index (χ3v) is 2.91. The van der Waals surface area contributed by atoms with E-state index in [0.717, 1.165) is 17.7 Å². The van der Waals surface area contributed by atoms with E-state index in [0.29, 0.717) is 18.8 Å². The predicted molar refractivity (Wildman–Crippen MR) is 76.7 cm³/mol. The van der Waals surface area contributed by atoms with Gasteiger partial charge in [-0.2, -0.15) is 0 Å². The van der Waals surface area contributed by atoms with Crippen molar-refractivity contribution in [2.75, 3.05) is 31.6 Å². The molecule has 0 bridgehead atoms. The quantitative estimate of drug-likeness (QED) is 0.749. The van der Waals surface area contributed by atoms with E-state index in [4.69, 9.17) is 0 Å². The molecule has 0 aliphatic rings. The zero-order valence-electron chi connectivity index (χ0n) is 12.1. The van der Waals surface area contributed by atoms with Gasteiger partial charge in [0.15, 0.2) is 11.6 Å². The number of nitrogens with zero attached hydrogens (tertiary/aromatic N) is 2. The summed E-state index contributed by atoms with van der Waals surface area (Å²) in [4.78, 5) is 15.4. The van der Waals surface area contributed by atoms with Crippen molar-refractivity contribution in [3.8, 4) is 0 Å². The van der Waals surface area contributed by atoms with E-state index in [9.17, 15) is 13.6 Å². The van der Waals surface area contributed by atoms with Gasteiger partial charge in [-0.15, -0.1) is 0 Å². The molecule has 20 heavy (non-hydrogen) atoms. The lowest BCUT2D eigenvalue weighted by molar-refractivity contribution is -0.129. The molecule has 0 N–H and O–H groups in total. The summed E-state index contributed by atoms with van der Waals surface area (Å²) in [6.45, 7) is 8.71. The number of amides is 1. The number of halogens is 2. The highest BCUT2D eigenvalue weighted by atomic mass is 19.2. The number of carbonyl (C=O) groups is 1. The number of likely N-dealkylation sites (N-methyl/N-ethyl adjacent to an activating group) is 2. The van der Waals surface area contributed by atoms with Gasteiger partial charge in [0, 0.05) is 31.9 Å². The topological polar surface area (TPSA) is 23.6 Å². The van der Waals surface area contributed by atoms with Crippen LogP contribution in [0.1, 0.15) is 13.8 Å². The molecule has 1 aromatic carbocycles. The van der Waals surface area contributed by atoms with Gasteiger partial charge in [-0.05, 0) is 26.0 Å². The first-order chi connectivity index (χ1) is 9.35. The average molecular weight is 282 g/mol. The van der Waals surface area contributed by atoms with Gasteiger partial charge in [-0.25, -0.2) is 8.78 Å². The first kappa shape index (κ1) is 16.1. The van der Waals surface area contributed by atoms with Crippen molar-refractivity contribution in [2.45, 2.75) is 13.8 Å². The maximum Gasteiger partial charge on any atom is 0.242 e. The van der Waals surface area contributed by atoms with E-state index in [-0.39, 0.29) is 12.5 Å². The lowest BCUT2D eigenvalue weighted by Crippen LogP contribution is -2.39. The van der Waals surface area contributed by atoms with Crippen LogP contribution in [-0.2, 0) is 4.79 Å². The lowest BCUT2D eigenvalue weighted by Gasteiger charge is -2.25. The van der Waals surface area contributed by atoms with E-state index in [1.807, 2.05) is 13.8 Å². The molecule has 0 fully saturated rings. The van der Waals surface area contributed by atoms with Gasteiger partial charge >= 0.3 is 0 Å². The Morgan fingerprint density at radius 3 is 2.40 bits per heavy atom. The molecule has 0 aliphatic carbocycles. The summed E-state index contributed by atoms with van der Waals surface area (Å²) in [5.74, 6) is -1.90. The fourth-order valence-electron chi connectivity index (χ4n) is 1.82. The molecule has 5 heteroatoms. The standard InChI is InChI=1S/C15H20F2N2O/c1-5-19(9-11(2)3)15(20)10-18(4)12-6-7-13(16)14(17)8-12/h6-8H,2,5,9-10H2,1,3-4H3. The molecule has 0 radical (unpaired) electrons. The fourth-order valence-corrected chi connectivity index (χ4v) is 1.82. The Kier molecular flexibility index (Phi) is 5.67. The van der Waals surface area contributed by atoms with E-state index >= 15 is 0 Å². The maximum absolute atomic E-state index is 13.2. The van der Waals surface area contributed by atoms with E-state index < -0.39 is 11.6 Å². The van der Waals surface area contributed by atoms with Crippen LogP contribution in [-0.4, -0.2) is 37.5 Å². The summed E-state index contributed by atoms with van der Waals surface area (Å²) in [6, 6.07) is 3.58. The van der Waals surface area contributed by atoms with Gasteiger partial charge in [0.2, 0.25) is 5.91 Å². The van der Waals surface area contributed by atoms with Crippen molar-refractivity contribution in [3.05, 3.63) is 42.0 Å². The minimum Gasteiger partial charge on any atom is -0.365 e. The maximum atomic E-state index is 13.2. The first-order valence-electron chi connectivity index (χ1n) is 6.43. The number of hydrogen-bond donors (Lipinski definition) is 0. The Labute approximate surface area is 118 Å². The van der Waals surface area contributed by atoms with Crippen molar-refractivity contribution in [2.24, 2.45) is 0 Å². The summed E-state index contributed by atoms with van der Waals surface area (Å²) < 4.78 is 26.0. The molecule has 110 valence electrons. The Balaban J connectivity index is 2.73. The van der Waals surface area contributed by atoms with Crippen molar-refractivity contribution >= 4 is 11.6 Å². The smallest absolute Gasteiger partial charge is 0.242 e. The highest BCUT2D eigenvalue weighted by molar-refractivity contribution is 5.81. The third-order valence-electron chi connectivity index (χ3n) is 2.91. The molecule has 1 amide bonds. The third kappa shape index (κ3) is 4.33. The molecule has 1 rings (SSSR count). The molecule has 0 saturated heterocycles. The van der Waals surface area contributed by atoms with Crippen molar-refractivity contribution in [1.82, 2.24) is 4.90 Å². The molecule has 0 spiro atoms. The monoisotopic (exact) mass is 282 g/mol. The van der Waals surface area contributed by atoms with Crippen LogP contribution >= 0.6 is 0 Å². The second kappa shape index (κ2) is 7.03. The molecule has 0 aliphatic heterocycles. The fraction of sp³-hybridized carbons (Fsp3) is 0.400. The molecule has 0 atom stereocenters. The highest BCUT2D eigenvalue weighted by Crippen LogP contribution is 2.16. The molecule has 0 aromatic heterocycles. The second-order valence-electron chi connectivity index (χ2n) is 4.82. The molecular weight excluding hydrogens is 262 g/mol. The normalized spacial score (nSPS) is 10.2. The number of anilines is 1. The van der Waals surface area contributed by atoms with Gasteiger partial charge in [-0.1, -0.05) is 12.2 Å². The Hall–Kier alpha value is -1.91. The van der Waals surface area contributed by atoms with Crippen LogP contribution in [0.15, 0.2) is 30.4 Å². The molecule has 0 saturated carbocycles. The largest absolute Gasteiger partial charge is 0.365 e. The van der Waals surface area contributed by atoms with Crippen LogP contribution in [0.5, 0.6) is 0 Å². The zero-order valence-corrected chi connectivity index (χ0v) is 12.1. The summed E-state index contributed by atoms with van der Waals surface area (Å²) in [6.07, 6.45) is 0. The number of carbonyl (C=O) groups excluding carboxylic acids is 1. The molecule has 0 unspecified atom stereocenters. The van der Waals surface area contributed by atoms with Crippen LogP contribution < -0.4 is 4.90 Å². The predicted octanol–water partition coefficient (Wildman–Crippen LogP) is 2.83. The second-order valence-corrected chi connectivity index (χ2v) is 4.82. The van der Waals surface area contributed by atoms with Crippen molar-refractivity contribution in [3.63, 3.8) is 0 Å². The Bertz CT molecular complexity index is 503. The summed E-state index contributed by atoms with van der Waals surface area (Å²) >= 11 is 0. The van der Waals surface area contributed by atoms with Gasteiger partial charge in [0.25, 0.3) is 0 Å². The minimum atomic E-state index is -0.920. The molecular formula is C15H20F2N2O. The molecule has 3 nitrogen and oxygen atoms in total. The van der Waals surface area contributed by atoms with Gasteiger partial charge < -0.3 is 9.80 Å². The summed E-state index contributed by atoms with van der Waals surface area (Å²) in [5, 5.41) is 0. The minimum absolute atomic E-state index is 0.0808. The van der Waals surface area contributed by atoms with Crippen LogP contribution in [0.25, 0.3) is 0 Å². The number of hydrogen-bond acceptors (Lipinski definition) is 2. The number of benzene rings is 1. The first-order valence-corrected chi connectivity index (χ1v) is 6.43. The van der Waals surface area contributed by atoms with Crippen molar-refractivity contribution in [1.29, 1.82) is 0 Å². The Morgan fingerprint density at radius 2 is 1.90 bits per heavy atom. The van der Waals surface area contributed by atoms with Gasteiger partial charge in [0.05, 0.1) is 6.54 Å². The highest BCUT2D eigenvalue weighted by Gasteiger charge is 2.15. The van der Waals surface area contributed by atoms with Crippen LogP contribution in [0.2, 0.25) is 0 Å². The SMILES string of the molecule is C=C(C)CN(CC)C(=O)CN(C)c1ccc(F)c(F)c1. The molecule has 1 aromatic rings. The van der Waals surface area contributed by atoms with E-state index in [1.54, 1.807) is 16.8 Å². The average Bonchev–Trinajstić information content (AvgIpc) is 2.38. The van der Waals surface area contributed by atoms with Gasteiger partial charge in [-0.3, -0.25) is 4.79 Å². The van der Waals surface area contributed by atoms with Gasteiger partial charge in [0.1, 0.15) is 0 Å². The van der Waals surface area contributed by atoms with Crippen LogP contribution in [0.3, 0.4) is 0 Å². The Morgan fingerprint density at radius 1 is 1.25 bits per heavy atom. The van der Waals surface area contributed by atoms with E-state index in [2.05, 4.69) is 6.58 Å². The van der Waals surface area contributed by atoms with Crippen molar-refractivity contribution < 1.29 is 13.6 Å². The van der Waals surface area contributed by atoms with E-state index in [1.165, 1.54) is 6.07 Å².